The normalized spacial score (nSPS) is 10.8. The molecule has 0 atom stereocenters. The van der Waals surface area contributed by atoms with E-state index >= 15 is 0 Å². The fourth-order valence-corrected chi connectivity index (χ4v) is 3.02. The lowest BCUT2D eigenvalue weighted by Crippen LogP contribution is -2.18. The predicted molar refractivity (Wildman–Crippen MR) is 123 cm³/mol. The fraction of sp³-hybridized carbons (Fsp3) is 0.0417. The SMILES string of the molecule is O=C(N/N=C\c1ccc([N+](=O)[O-])cc1)c1cc(-c2ccccc2OCc2ccccc2)n[nH]1. The van der Waals surface area contributed by atoms with Gasteiger partial charge < -0.3 is 4.74 Å². The summed E-state index contributed by atoms with van der Waals surface area (Å²) in [5.74, 6) is 0.172. The van der Waals surface area contributed by atoms with Crippen molar-refractivity contribution in [2.24, 2.45) is 5.10 Å². The van der Waals surface area contributed by atoms with Gasteiger partial charge >= 0.3 is 0 Å². The lowest BCUT2D eigenvalue weighted by molar-refractivity contribution is -0.384. The molecule has 9 heteroatoms. The van der Waals surface area contributed by atoms with Gasteiger partial charge in [0.25, 0.3) is 11.6 Å². The molecule has 0 aliphatic rings. The van der Waals surface area contributed by atoms with Gasteiger partial charge in [0, 0.05) is 17.7 Å². The lowest BCUT2D eigenvalue weighted by atomic mass is 10.1. The van der Waals surface area contributed by atoms with Crippen molar-refractivity contribution < 1.29 is 14.5 Å². The number of aromatic nitrogens is 2. The predicted octanol–water partition coefficient (Wildman–Crippen LogP) is 4.33. The molecular weight excluding hydrogens is 422 g/mol. The Kier molecular flexibility index (Phi) is 6.51. The van der Waals surface area contributed by atoms with Gasteiger partial charge in [-0.05, 0) is 41.5 Å². The number of hydrazone groups is 1. The molecule has 0 fully saturated rings. The first-order valence-corrected chi connectivity index (χ1v) is 9.99. The van der Waals surface area contributed by atoms with Crippen LogP contribution in [-0.2, 0) is 6.61 Å². The summed E-state index contributed by atoms with van der Waals surface area (Å²) in [6, 6.07) is 24.7. The Hall–Kier alpha value is -4.79. The zero-order chi connectivity index (χ0) is 23.0. The van der Waals surface area contributed by atoms with Crippen LogP contribution in [0.4, 0.5) is 5.69 Å². The maximum Gasteiger partial charge on any atom is 0.289 e. The van der Waals surface area contributed by atoms with Crippen molar-refractivity contribution in [3.63, 3.8) is 0 Å². The van der Waals surface area contributed by atoms with Crippen LogP contribution in [0.15, 0.2) is 90.0 Å². The van der Waals surface area contributed by atoms with Crippen molar-refractivity contribution in [1.82, 2.24) is 15.6 Å². The summed E-state index contributed by atoms with van der Waals surface area (Å²) in [4.78, 5) is 22.6. The number of non-ortho nitro benzene ring substituents is 1. The smallest absolute Gasteiger partial charge is 0.289 e. The standard InChI is InChI=1S/C24H19N5O4/c30-24(28-25-15-17-10-12-19(13-11-17)29(31)32)22-14-21(26-27-22)20-8-4-5-9-23(20)33-16-18-6-2-1-3-7-18/h1-15H,16H2,(H,26,27)(H,28,30)/b25-15-. The fourth-order valence-electron chi connectivity index (χ4n) is 3.02. The minimum atomic E-state index is -0.483. The number of aromatic amines is 1. The number of nitro benzene ring substituents is 1. The molecule has 4 rings (SSSR count). The van der Waals surface area contributed by atoms with Gasteiger partial charge in [-0.1, -0.05) is 42.5 Å². The van der Waals surface area contributed by atoms with Crippen LogP contribution in [-0.4, -0.2) is 27.2 Å². The maximum absolute atomic E-state index is 12.4. The molecule has 0 aliphatic heterocycles. The number of carbonyl (C=O) groups excluding carboxylic acids is 1. The van der Waals surface area contributed by atoms with E-state index in [2.05, 4.69) is 20.7 Å². The summed E-state index contributed by atoms with van der Waals surface area (Å²) in [5, 5.41) is 21.5. The topological polar surface area (TPSA) is 123 Å². The number of benzene rings is 3. The second-order valence-electron chi connectivity index (χ2n) is 6.99. The average molecular weight is 441 g/mol. The average Bonchev–Trinajstić information content (AvgIpc) is 3.34. The summed E-state index contributed by atoms with van der Waals surface area (Å²) < 4.78 is 5.96. The van der Waals surface area contributed by atoms with Crippen LogP contribution < -0.4 is 10.2 Å². The van der Waals surface area contributed by atoms with Gasteiger partial charge in [-0.2, -0.15) is 10.2 Å². The molecule has 3 aromatic carbocycles. The van der Waals surface area contributed by atoms with Gasteiger partial charge in [0.05, 0.1) is 16.8 Å². The molecule has 0 spiro atoms. The molecule has 164 valence electrons. The first-order chi connectivity index (χ1) is 16.1. The van der Waals surface area contributed by atoms with Crippen LogP contribution in [0.25, 0.3) is 11.3 Å². The first kappa shape index (κ1) is 21.4. The molecule has 0 bridgehead atoms. The van der Waals surface area contributed by atoms with Crippen LogP contribution >= 0.6 is 0 Å². The number of hydrogen-bond donors (Lipinski definition) is 2. The number of H-pyrrole nitrogens is 1. The number of ether oxygens (including phenoxy) is 1. The number of nitrogens with one attached hydrogen (secondary N) is 2. The summed E-state index contributed by atoms with van der Waals surface area (Å²) in [5.41, 5.74) is 5.57. The molecule has 1 aromatic heterocycles. The Balaban J connectivity index is 1.41. The molecule has 33 heavy (non-hydrogen) atoms. The third kappa shape index (κ3) is 5.47. The second-order valence-corrected chi connectivity index (χ2v) is 6.99. The minimum absolute atomic E-state index is 0.0193. The van der Waals surface area contributed by atoms with E-state index < -0.39 is 10.8 Å². The van der Waals surface area contributed by atoms with E-state index in [0.717, 1.165) is 11.1 Å². The molecule has 1 heterocycles. The summed E-state index contributed by atoms with van der Waals surface area (Å²) in [7, 11) is 0. The lowest BCUT2D eigenvalue weighted by Gasteiger charge is -2.10. The summed E-state index contributed by atoms with van der Waals surface area (Å²) in [6.07, 6.45) is 1.39. The van der Waals surface area contributed by atoms with Gasteiger partial charge in [0.2, 0.25) is 0 Å². The highest BCUT2D eigenvalue weighted by Gasteiger charge is 2.14. The Morgan fingerprint density at radius 3 is 2.55 bits per heavy atom. The molecule has 0 radical (unpaired) electrons. The number of rotatable bonds is 8. The number of nitrogens with zero attached hydrogens (tertiary/aromatic N) is 3. The molecule has 0 saturated heterocycles. The van der Waals surface area contributed by atoms with E-state index in [4.69, 9.17) is 4.74 Å². The molecule has 0 unspecified atom stereocenters. The molecule has 2 N–H and O–H groups in total. The minimum Gasteiger partial charge on any atom is -0.488 e. The van der Waals surface area contributed by atoms with Crippen molar-refractivity contribution in [2.75, 3.05) is 0 Å². The molecule has 4 aromatic rings. The monoisotopic (exact) mass is 441 g/mol. The van der Waals surface area contributed by atoms with Crippen molar-refractivity contribution in [1.29, 1.82) is 0 Å². The number of amides is 1. The van der Waals surface area contributed by atoms with E-state index in [1.165, 1.54) is 30.5 Å². The maximum atomic E-state index is 12.4. The van der Waals surface area contributed by atoms with E-state index in [1.54, 1.807) is 6.07 Å². The van der Waals surface area contributed by atoms with Crippen molar-refractivity contribution >= 4 is 17.8 Å². The van der Waals surface area contributed by atoms with Crippen LogP contribution in [0.3, 0.4) is 0 Å². The Morgan fingerprint density at radius 2 is 1.79 bits per heavy atom. The quantitative estimate of drug-likeness (QED) is 0.239. The molecule has 9 nitrogen and oxygen atoms in total. The van der Waals surface area contributed by atoms with E-state index in [-0.39, 0.29) is 11.4 Å². The van der Waals surface area contributed by atoms with Crippen LogP contribution in [0, 0.1) is 10.1 Å². The van der Waals surface area contributed by atoms with E-state index in [0.29, 0.717) is 23.6 Å². The molecular formula is C24H19N5O4. The number of carbonyl (C=O) groups is 1. The zero-order valence-corrected chi connectivity index (χ0v) is 17.3. The van der Waals surface area contributed by atoms with Gasteiger partial charge in [0.1, 0.15) is 18.1 Å². The number of hydrogen-bond acceptors (Lipinski definition) is 6. The zero-order valence-electron chi connectivity index (χ0n) is 17.3. The van der Waals surface area contributed by atoms with Crippen LogP contribution in [0.5, 0.6) is 5.75 Å². The highest BCUT2D eigenvalue weighted by molar-refractivity contribution is 5.94. The highest BCUT2D eigenvalue weighted by atomic mass is 16.6. The largest absolute Gasteiger partial charge is 0.488 e. The number of para-hydroxylation sites is 1. The summed E-state index contributed by atoms with van der Waals surface area (Å²) >= 11 is 0. The third-order valence-electron chi connectivity index (χ3n) is 4.71. The first-order valence-electron chi connectivity index (χ1n) is 9.99. The van der Waals surface area contributed by atoms with Gasteiger partial charge in [0.15, 0.2) is 0 Å². The van der Waals surface area contributed by atoms with Crippen molar-refractivity contribution in [3.8, 4) is 17.0 Å². The van der Waals surface area contributed by atoms with Gasteiger partial charge in [-0.25, -0.2) is 5.43 Å². The van der Waals surface area contributed by atoms with E-state index in [9.17, 15) is 14.9 Å². The molecule has 0 aliphatic carbocycles. The highest BCUT2D eigenvalue weighted by Crippen LogP contribution is 2.29. The second kappa shape index (κ2) is 10.0. The van der Waals surface area contributed by atoms with Crippen molar-refractivity contribution in [3.05, 3.63) is 112 Å². The third-order valence-corrected chi connectivity index (χ3v) is 4.71. The van der Waals surface area contributed by atoms with Crippen molar-refractivity contribution in [2.45, 2.75) is 6.61 Å². The number of nitro groups is 1. The Bertz CT molecular complexity index is 1280. The van der Waals surface area contributed by atoms with E-state index in [1.807, 2.05) is 54.6 Å². The summed E-state index contributed by atoms with van der Waals surface area (Å²) in [6.45, 7) is 0.410. The van der Waals surface area contributed by atoms with Crippen LogP contribution in [0.2, 0.25) is 0 Å². The molecule has 0 saturated carbocycles. The van der Waals surface area contributed by atoms with Gasteiger partial charge in [-0.15, -0.1) is 0 Å². The Labute approximate surface area is 188 Å². The Morgan fingerprint density at radius 1 is 1.06 bits per heavy atom. The van der Waals surface area contributed by atoms with Crippen LogP contribution in [0.1, 0.15) is 21.6 Å². The van der Waals surface area contributed by atoms with Gasteiger partial charge in [-0.3, -0.25) is 20.0 Å². The molecule has 1 amide bonds.